The number of halogens is 1. The predicted octanol–water partition coefficient (Wildman–Crippen LogP) is 2.42. The van der Waals surface area contributed by atoms with Crippen molar-refractivity contribution < 1.29 is 14.6 Å². The van der Waals surface area contributed by atoms with Gasteiger partial charge in [-0.2, -0.15) is 0 Å². The number of aliphatic imine (C=N–C) groups is 1. The number of hydrogen-bond donors (Lipinski definition) is 2. The Bertz CT molecular complexity index is 561. The molecule has 0 amide bonds. The number of hydrogen-bond acceptors (Lipinski definition) is 5. The van der Waals surface area contributed by atoms with Crippen LogP contribution >= 0.6 is 12.4 Å². The van der Waals surface area contributed by atoms with E-state index in [-0.39, 0.29) is 24.4 Å². The molecule has 1 heterocycles. The first-order valence-electron chi connectivity index (χ1n) is 8.42. The van der Waals surface area contributed by atoms with Crippen molar-refractivity contribution in [1.29, 1.82) is 0 Å². The molecule has 1 aromatic rings. The van der Waals surface area contributed by atoms with Gasteiger partial charge in [0.05, 0.1) is 19.4 Å². The van der Waals surface area contributed by atoms with Crippen molar-refractivity contribution in [3.63, 3.8) is 0 Å². The second kappa shape index (κ2) is 8.49. The number of carbonyl (C=O) groups excluding carboxylic acids is 1. The molecule has 2 aliphatic rings. The summed E-state index contributed by atoms with van der Waals surface area (Å²) in [5.74, 6) is -0.634. The van der Waals surface area contributed by atoms with Gasteiger partial charge < -0.3 is 15.2 Å². The summed E-state index contributed by atoms with van der Waals surface area (Å²) in [5, 5.41) is 14.3. The molecule has 0 bridgehead atoms. The van der Waals surface area contributed by atoms with E-state index in [4.69, 9.17) is 4.74 Å². The van der Waals surface area contributed by atoms with Gasteiger partial charge >= 0.3 is 5.97 Å². The molecule has 132 valence electrons. The van der Waals surface area contributed by atoms with E-state index in [1.807, 2.05) is 30.3 Å². The third-order valence-corrected chi connectivity index (χ3v) is 4.83. The topological polar surface area (TPSA) is 70.9 Å². The molecule has 0 saturated heterocycles. The molecule has 3 rings (SSSR count). The Labute approximate surface area is 148 Å². The summed E-state index contributed by atoms with van der Waals surface area (Å²) in [5.41, 5.74) is -0.938. The van der Waals surface area contributed by atoms with E-state index in [1.165, 1.54) is 0 Å². The summed E-state index contributed by atoms with van der Waals surface area (Å²) in [6.07, 6.45) is 6.24. The van der Waals surface area contributed by atoms with Gasteiger partial charge in [-0.1, -0.05) is 49.6 Å². The van der Waals surface area contributed by atoms with Crippen LogP contribution in [0.2, 0.25) is 0 Å². The van der Waals surface area contributed by atoms with E-state index < -0.39 is 11.6 Å². The van der Waals surface area contributed by atoms with Gasteiger partial charge in [0.1, 0.15) is 6.10 Å². The summed E-state index contributed by atoms with van der Waals surface area (Å²) in [4.78, 5) is 17.0. The predicted molar refractivity (Wildman–Crippen MR) is 95.4 cm³/mol. The van der Waals surface area contributed by atoms with Gasteiger partial charge in [-0.05, 0) is 18.4 Å². The van der Waals surface area contributed by atoms with Crippen molar-refractivity contribution in [3.8, 4) is 0 Å². The molecule has 2 atom stereocenters. The fraction of sp³-hybridized carbons (Fsp3) is 0.556. The first-order chi connectivity index (χ1) is 11.2. The minimum absolute atomic E-state index is 0. The van der Waals surface area contributed by atoms with Gasteiger partial charge in [0.2, 0.25) is 0 Å². The zero-order chi connectivity index (χ0) is 16.1. The molecule has 24 heavy (non-hydrogen) atoms. The van der Waals surface area contributed by atoms with E-state index in [0.29, 0.717) is 18.7 Å². The Hall–Kier alpha value is -1.59. The van der Waals surface area contributed by atoms with Gasteiger partial charge in [0.25, 0.3) is 0 Å². The van der Waals surface area contributed by atoms with Crippen LogP contribution in [-0.2, 0) is 15.1 Å². The van der Waals surface area contributed by atoms with Crippen LogP contribution in [0, 0.1) is 5.92 Å². The van der Waals surface area contributed by atoms with E-state index in [2.05, 4.69) is 10.3 Å². The molecule has 1 saturated carbocycles. The SMILES string of the molecule is Cl.O=C(OC1CN=CNC1)C(O)(c1ccccc1)C1CCCCC1. The van der Waals surface area contributed by atoms with Crippen molar-refractivity contribution in [2.75, 3.05) is 13.1 Å². The molecule has 5 nitrogen and oxygen atoms in total. The van der Waals surface area contributed by atoms with Gasteiger partial charge in [0.15, 0.2) is 5.60 Å². The minimum Gasteiger partial charge on any atom is -0.456 e. The molecule has 1 aliphatic heterocycles. The number of rotatable bonds is 4. The fourth-order valence-electron chi connectivity index (χ4n) is 3.54. The molecular formula is C18H25ClN2O3. The lowest BCUT2D eigenvalue weighted by Gasteiger charge is -2.37. The summed E-state index contributed by atoms with van der Waals surface area (Å²) in [6.45, 7) is 0.971. The zero-order valence-electron chi connectivity index (χ0n) is 13.7. The minimum atomic E-state index is -1.57. The number of nitrogens with zero attached hydrogens (tertiary/aromatic N) is 1. The summed E-state index contributed by atoms with van der Waals surface area (Å²) in [7, 11) is 0. The second-order valence-electron chi connectivity index (χ2n) is 6.40. The quantitative estimate of drug-likeness (QED) is 0.816. The molecule has 0 spiro atoms. The van der Waals surface area contributed by atoms with E-state index in [9.17, 15) is 9.90 Å². The third kappa shape index (κ3) is 3.90. The molecular weight excluding hydrogens is 328 g/mol. The molecule has 2 N–H and O–H groups in total. The number of nitrogens with one attached hydrogen (secondary N) is 1. The van der Waals surface area contributed by atoms with Crippen LogP contribution in [0.3, 0.4) is 0 Å². The Morgan fingerprint density at radius 3 is 2.54 bits per heavy atom. The molecule has 2 unspecified atom stereocenters. The van der Waals surface area contributed by atoms with Crippen LogP contribution in [0.25, 0.3) is 0 Å². The van der Waals surface area contributed by atoms with Crippen LogP contribution in [0.15, 0.2) is 35.3 Å². The highest BCUT2D eigenvalue weighted by molar-refractivity contribution is 5.85. The van der Waals surface area contributed by atoms with Crippen molar-refractivity contribution in [2.24, 2.45) is 10.9 Å². The Morgan fingerprint density at radius 1 is 1.21 bits per heavy atom. The van der Waals surface area contributed by atoms with E-state index in [0.717, 1.165) is 32.1 Å². The highest BCUT2D eigenvalue weighted by atomic mass is 35.5. The van der Waals surface area contributed by atoms with Crippen LogP contribution in [0.5, 0.6) is 0 Å². The van der Waals surface area contributed by atoms with Crippen molar-refractivity contribution in [1.82, 2.24) is 5.32 Å². The van der Waals surface area contributed by atoms with Gasteiger partial charge in [-0.15, -0.1) is 12.4 Å². The normalized spacial score (nSPS) is 23.5. The highest BCUT2D eigenvalue weighted by Gasteiger charge is 2.47. The maximum Gasteiger partial charge on any atom is 0.343 e. The average molecular weight is 353 g/mol. The smallest absolute Gasteiger partial charge is 0.343 e. The molecule has 1 fully saturated rings. The van der Waals surface area contributed by atoms with Crippen LogP contribution < -0.4 is 5.32 Å². The lowest BCUT2D eigenvalue weighted by Crippen LogP contribution is -2.48. The largest absolute Gasteiger partial charge is 0.456 e. The van der Waals surface area contributed by atoms with E-state index in [1.54, 1.807) is 6.34 Å². The lowest BCUT2D eigenvalue weighted by molar-refractivity contribution is -0.180. The number of benzene rings is 1. The van der Waals surface area contributed by atoms with Crippen molar-refractivity contribution in [2.45, 2.75) is 43.8 Å². The molecule has 1 aliphatic carbocycles. The third-order valence-electron chi connectivity index (χ3n) is 4.83. The van der Waals surface area contributed by atoms with E-state index >= 15 is 0 Å². The zero-order valence-corrected chi connectivity index (χ0v) is 14.5. The molecule has 0 aromatic heterocycles. The summed E-state index contributed by atoms with van der Waals surface area (Å²) in [6, 6.07) is 9.21. The van der Waals surface area contributed by atoms with Crippen LogP contribution in [0.1, 0.15) is 37.7 Å². The lowest BCUT2D eigenvalue weighted by atomic mass is 9.73. The average Bonchev–Trinajstić information content (AvgIpc) is 2.63. The Kier molecular flexibility index (Phi) is 6.63. The summed E-state index contributed by atoms with van der Waals surface area (Å²) < 4.78 is 5.60. The number of carbonyl (C=O) groups is 1. The molecule has 6 heteroatoms. The molecule has 1 aromatic carbocycles. The van der Waals surface area contributed by atoms with Gasteiger partial charge in [-0.25, -0.2) is 4.79 Å². The number of ether oxygens (including phenoxy) is 1. The first kappa shape index (κ1) is 18.7. The van der Waals surface area contributed by atoms with Crippen LogP contribution in [0.4, 0.5) is 0 Å². The molecule has 0 radical (unpaired) electrons. The highest BCUT2D eigenvalue weighted by Crippen LogP contribution is 2.40. The number of aliphatic hydroxyl groups is 1. The van der Waals surface area contributed by atoms with Crippen molar-refractivity contribution >= 4 is 24.7 Å². The van der Waals surface area contributed by atoms with Crippen molar-refractivity contribution in [3.05, 3.63) is 35.9 Å². The maximum atomic E-state index is 12.9. The summed E-state index contributed by atoms with van der Waals surface area (Å²) >= 11 is 0. The first-order valence-corrected chi connectivity index (χ1v) is 8.42. The van der Waals surface area contributed by atoms with Gasteiger partial charge in [-0.3, -0.25) is 4.99 Å². The standard InChI is InChI=1S/C18H24N2O3.ClH/c21-17(23-16-11-19-13-20-12-16)18(22,14-7-3-1-4-8-14)15-9-5-2-6-10-15;/h1,3-4,7-8,13,15-16,22H,2,5-6,9-12H2,(H,19,20);1H. The Morgan fingerprint density at radius 2 is 1.92 bits per heavy atom. The second-order valence-corrected chi connectivity index (χ2v) is 6.40. The van der Waals surface area contributed by atoms with Crippen LogP contribution in [-0.4, -0.2) is 36.6 Å². The Balaban J connectivity index is 0.00000208. The monoisotopic (exact) mass is 352 g/mol. The number of esters is 1. The maximum absolute atomic E-state index is 12.9. The van der Waals surface area contributed by atoms with Gasteiger partial charge in [0, 0.05) is 5.92 Å². The fourth-order valence-corrected chi connectivity index (χ4v) is 3.54.